The maximum Gasteiger partial charge on any atom is 0.251 e. The Morgan fingerprint density at radius 1 is 1.24 bits per heavy atom. The van der Waals surface area contributed by atoms with Gasteiger partial charge in [-0.2, -0.15) is 0 Å². The Labute approximate surface area is 124 Å². The van der Waals surface area contributed by atoms with Crippen molar-refractivity contribution in [1.82, 2.24) is 10.2 Å². The van der Waals surface area contributed by atoms with E-state index in [4.69, 9.17) is 5.73 Å². The van der Waals surface area contributed by atoms with Crippen LogP contribution in [0.4, 0.5) is 11.4 Å². The number of hydrogen-bond acceptors (Lipinski definition) is 4. The monoisotopic (exact) mass is 290 g/mol. The van der Waals surface area contributed by atoms with Crippen LogP contribution in [0.5, 0.6) is 0 Å². The standard InChI is InChI=1S/C15H22N4O2/c1-17-15(21)11-5-6-13(12(16)9-11)18-10-14(20)19-7-3-2-4-8-19/h5-6,9,18H,2-4,7-8,10,16H2,1H3,(H,17,21). The summed E-state index contributed by atoms with van der Waals surface area (Å²) in [5.41, 5.74) is 7.55. The molecule has 0 radical (unpaired) electrons. The molecule has 0 spiro atoms. The zero-order valence-electron chi connectivity index (χ0n) is 12.3. The van der Waals surface area contributed by atoms with E-state index in [1.54, 1.807) is 25.2 Å². The molecule has 1 aliphatic rings. The average molecular weight is 290 g/mol. The molecule has 6 heteroatoms. The van der Waals surface area contributed by atoms with Crippen LogP contribution in [-0.2, 0) is 4.79 Å². The number of benzene rings is 1. The van der Waals surface area contributed by atoms with Gasteiger partial charge < -0.3 is 21.3 Å². The normalized spacial score (nSPS) is 14.6. The van der Waals surface area contributed by atoms with Crippen molar-refractivity contribution >= 4 is 23.2 Å². The number of likely N-dealkylation sites (tertiary alicyclic amines) is 1. The number of nitrogens with one attached hydrogen (secondary N) is 2. The SMILES string of the molecule is CNC(=O)c1ccc(NCC(=O)N2CCCCC2)c(N)c1. The Balaban J connectivity index is 1.93. The molecule has 1 heterocycles. The van der Waals surface area contributed by atoms with Crippen LogP contribution in [0.15, 0.2) is 18.2 Å². The third kappa shape index (κ3) is 3.87. The molecule has 2 rings (SSSR count). The lowest BCUT2D eigenvalue weighted by Gasteiger charge is -2.27. The van der Waals surface area contributed by atoms with E-state index in [1.807, 2.05) is 4.90 Å². The van der Waals surface area contributed by atoms with Crippen LogP contribution in [0.1, 0.15) is 29.6 Å². The van der Waals surface area contributed by atoms with Crippen LogP contribution < -0.4 is 16.4 Å². The summed E-state index contributed by atoms with van der Waals surface area (Å²) in [4.78, 5) is 25.4. The summed E-state index contributed by atoms with van der Waals surface area (Å²) in [6.07, 6.45) is 3.36. The van der Waals surface area contributed by atoms with Gasteiger partial charge in [-0.25, -0.2) is 0 Å². The molecule has 1 aromatic carbocycles. The lowest BCUT2D eigenvalue weighted by atomic mass is 10.1. The number of nitrogen functional groups attached to an aromatic ring is 1. The molecule has 0 aliphatic carbocycles. The van der Waals surface area contributed by atoms with E-state index in [-0.39, 0.29) is 18.4 Å². The molecule has 4 N–H and O–H groups in total. The first-order valence-corrected chi connectivity index (χ1v) is 7.25. The van der Waals surface area contributed by atoms with Crippen LogP contribution in [0.2, 0.25) is 0 Å². The minimum Gasteiger partial charge on any atom is -0.397 e. The highest BCUT2D eigenvalue weighted by molar-refractivity contribution is 5.96. The van der Waals surface area contributed by atoms with Crippen molar-refractivity contribution in [3.63, 3.8) is 0 Å². The van der Waals surface area contributed by atoms with E-state index in [1.165, 1.54) is 6.42 Å². The molecule has 6 nitrogen and oxygen atoms in total. The minimum absolute atomic E-state index is 0.0875. The van der Waals surface area contributed by atoms with Crippen LogP contribution in [-0.4, -0.2) is 43.4 Å². The Hall–Kier alpha value is -2.24. The highest BCUT2D eigenvalue weighted by Gasteiger charge is 2.16. The van der Waals surface area contributed by atoms with Crippen LogP contribution >= 0.6 is 0 Å². The number of amides is 2. The first-order valence-electron chi connectivity index (χ1n) is 7.25. The first kappa shape index (κ1) is 15.2. The Morgan fingerprint density at radius 3 is 2.57 bits per heavy atom. The van der Waals surface area contributed by atoms with Crippen molar-refractivity contribution in [1.29, 1.82) is 0 Å². The second kappa shape index (κ2) is 6.97. The van der Waals surface area contributed by atoms with Crippen LogP contribution in [0.3, 0.4) is 0 Å². The maximum atomic E-state index is 12.1. The molecule has 114 valence electrons. The van der Waals surface area contributed by atoms with Crippen LogP contribution in [0, 0.1) is 0 Å². The fourth-order valence-corrected chi connectivity index (χ4v) is 2.44. The van der Waals surface area contributed by atoms with Crippen molar-refractivity contribution in [2.75, 3.05) is 37.7 Å². The lowest BCUT2D eigenvalue weighted by Crippen LogP contribution is -2.39. The van der Waals surface area contributed by atoms with Gasteiger partial charge in [0.05, 0.1) is 17.9 Å². The summed E-state index contributed by atoms with van der Waals surface area (Å²) < 4.78 is 0. The van der Waals surface area contributed by atoms with Crippen molar-refractivity contribution < 1.29 is 9.59 Å². The molecule has 2 amide bonds. The van der Waals surface area contributed by atoms with Crippen LogP contribution in [0.25, 0.3) is 0 Å². The van der Waals surface area contributed by atoms with E-state index in [2.05, 4.69) is 10.6 Å². The molecule has 21 heavy (non-hydrogen) atoms. The highest BCUT2D eigenvalue weighted by Crippen LogP contribution is 2.20. The van der Waals surface area contributed by atoms with Gasteiger partial charge in [0.2, 0.25) is 5.91 Å². The molecule has 0 atom stereocenters. The largest absolute Gasteiger partial charge is 0.397 e. The number of rotatable bonds is 4. The van der Waals surface area contributed by atoms with Crippen molar-refractivity contribution in [2.45, 2.75) is 19.3 Å². The zero-order chi connectivity index (χ0) is 15.2. The van der Waals surface area contributed by atoms with Gasteiger partial charge >= 0.3 is 0 Å². The van der Waals surface area contributed by atoms with Gasteiger partial charge in [0.1, 0.15) is 0 Å². The van der Waals surface area contributed by atoms with E-state index < -0.39 is 0 Å². The molecule has 1 fully saturated rings. The van der Waals surface area contributed by atoms with E-state index in [9.17, 15) is 9.59 Å². The molecular formula is C15H22N4O2. The van der Waals surface area contributed by atoms with Gasteiger partial charge in [0.25, 0.3) is 5.91 Å². The topological polar surface area (TPSA) is 87.5 Å². The number of anilines is 2. The lowest BCUT2D eigenvalue weighted by molar-refractivity contribution is -0.130. The van der Waals surface area contributed by atoms with E-state index in [0.29, 0.717) is 16.9 Å². The van der Waals surface area contributed by atoms with Gasteiger partial charge in [-0.1, -0.05) is 0 Å². The van der Waals surface area contributed by atoms with Crippen molar-refractivity contribution in [2.24, 2.45) is 0 Å². The second-order valence-electron chi connectivity index (χ2n) is 5.18. The second-order valence-corrected chi connectivity index (χ2v) is 5.18. The molecule has 0 saturated carbocycles. The minimum atomic E-state index is -0.183. The third-order valence-corrected chi connectivity index (χ3v) is 3.68. The summed E-state index contributed by atoms with van der Waals surface area (Å²) in [5, 5.41) is 5.59. The molecular weight excluding hydrogens is 268 g/mol. The number of hydrogen-bond donors (Lipinski definition) is 3. The average Bonchev–Trinajstić information content (AvgIpc) is 2.53. The summed E-state index contributed by atoms with van der Waals surface area (Å²) >= 11 is 0. The molecule has 1 aliphatic heterocycles. The molecule has 0 bridgehead atoms. The number of piperidine rings is 1. The Bertz CT molecular complexity index is 524. The summed E-state index contributed by atoms with van der Waals surface area (Å²) in [6.45, 7) is 1.90. The molecule has 1 aromatic rings. The third-order valence-electron chi connectivity index (χ3n) is 3.68. The summed E-state index contributed by atoms with van der Waals surface area (Å²) in [5.74, 6) is -0.0953. The van der Waals surface area contributed by atoms with Gasteiger partial charge in [0, 0.05) is 25.7 Å². The van der Waals surface area contributed by atoms with Crippen molar-refractivity contribution in [3.05, 3.63) is 23.8 Å². The quantitative estimate of drug-likeness (QED) is 0.723. The molecule has 0 unspecified atom stereocenters. The summed E-state index contributed by atoms with van der Waals surface area (Å²) in [6, 6.07) is 5.01. The van der Waals surface area contributed by atoms with Gasteiger partial charge in [-0.3, -0.25) is 9.59 Å². The fraction of sp³-hybridized carbons (Fsp3) is 0.467. The fourth-order valence-electron chi connectivity index (χ4n) is 2.44. The number of carbonyl (C=O) groups excluding carboxylic acids is 2. The number of nitrogens with two attached hydrogens (primary N) is 1. The summed E-state index contributed by atoms with van der Waals surface area (Å²) in [7, 11) is 1.57. The Kier molecular flexibility index (Phi) is 5.03. The van der Waals surface area contributed by atoms with Gasteiger partial charge in [0.15, 0.2) is 0 Å². The number of nitrogens with zero attached hydrogens (tertiary/aromatic N) is 1. The highest BCUT2D eigenvalue weighted by atomic mass is 16.2. The number of carbonyl (C=O) groups is 2. The maximum absolute atomic E-state index is 12.1. The van der Waals surface area contributed by atoms with Gasteiger partial charge in [-0.15, -0.1) is 0 Å². The Morgan fingerprint density at radius 2 is 1.95 bits per heavy atom. The smallest absolute Gasteiger partial charge is 0.251 e. The van der Waals surface area contributed by atoms with Gasteiger partial charge in [-0.05, 0) is 37.5 Å². The van der Waals surface area contributed by atoms with Crippen molar-refractivity contribution in [3.8, 4) is 0 Å². The predicted molar refractivity (Wildman–Crippen MR) is 83.2 cm³/mol. The van der Waals surface area contributed by atoms with E-state index >= 15 is 0 Å². The van der Waals surface area contributed by atoms with E-state index in [0.717, 1.165) is 25.9 Å². The molecule has 1 saturated heterocycles. The predicted octanol–water partition coefficient (Wildman–Crippen LogP) is 1.05. The first-order chi connectivity index (χ1) is 10.1. The molecule has 0 aromatic heterocycles. The zero-order valence-corrected chi connectivity index (χ0v) is 12.3.